The van der Waals surface area contributed by atoms with E-state index in [0.717, 1.165) is 0 Å². The van der Waals surface area contributed by atoms with Gasteiger partial charge in [0.05, 0.1) is 18.9 Å². The van der Waals surface area contributed by atoms with Crippen molar-refractivity contribution in [1.29, 1.82) is 0 Å². The van der Waals surface area contributed by atoms with Crippen LogP contribution in [0.4, 0.5) is 0 Å². The van der Waals surface area contributed by atoms with Crippen LogP contribution in [-0.2, 0) is 68.7 Å². The molecule has 1 aromatic carbocycles. The normalized spacial score (nSPS) is 15.9. The Labute approximate surface area is 488 Å². The second kappa shape index (κ2) is 36.1. The molecule has 83 heavy (non-hydrogen) atoms. The van der Waals surface area contributed by atoms with Gasteiger partial charge in [0.15, 0.2) is 0 Å². The van der Waals surface area contributed by atoms with Crippen molar-refractivity contribution < 1.29 is 82.8 Å². The van der Waals surface area contributed by atoms with Crippen molar-refractivity contribution in [2.45, 2.75) is 187 Å². The minimum atomic E-state index is -2.03. The van der Waals surface area contributed by atoms with E-state index in [1.54, 1.807) is 41.5 Å². The fourth-order valence-corrected chi connectivity index (χ4v) is 8.35. The first kappa shape index (κ1) is 73.5. The molecule has 0 unspecified atom stereocenters. The summed E-state index contributed by atoms with van der Waals surface area (Å²) < 4.78 is 0. The van der Waals surface area contributed by atoms with E-state index in [2.05, 4.69) is 60.5 Å². The quantitative estimate of drug-likeness (QED) is 0.0342. The molecule has 10 amide bonds. The van der Waals surface area contributed by atoms with Gasteiger partial charge in [-0.1, -0.05) is 101 Å². The molecule has 0 bridgehead atoms. The maximum atomic E-state index is 14.4. The van der Waals surface area contributed by atoms with Crippen molar-refractivity contribution >= 4 is 89.6 Å². The van der Waals surface area contributed by atoms with Crippen LogP contribution in [0.15, 0.2) is 24.3 Å². The van der Waals surface area contributed by atoms with Gasteiger partial charge in [0, 0.05) is 18.6 Å². The highest BCUT2D eigenvalue weighted by Gasteiger charge is 2.38. The fraction of sp³-hybridized carbons (Fsp3) is 0.648. The predicted molar refractivity (Wildman–Crippen MR) is 304 cm³/mol. The molecule has 29 heteroatoms. The number of phenols is 1. The molecular weight excluding hydrogens is 1110 g/mol. The molecule has 0 spiro atoms. The number of hydrogen-bond donors (Lipinski definition) is 16. The Morgan fingerprint density at radius 1 is 0.482 bits per heavy atom. The molecular formula is C54H87N11O17S. The number of amides is 10. The van der Waals surface area contributed by atoms with Gasteiger partial charge in [-0.3, -0.25) is 57.5 Å². The number of carbonyl (C=O) groups is 13. The van der Waals surface area contributed by atoms with Gasteiger partial charge in [0.1, 0.15) is 60.1 Å². The summed E-state index contributed by atoms with van der Waals surface area (Å²) in [5, 5.41) is 60.7. The summed E-state index contributed by atoms with van der Waals surface area (Å²) >= 11 is 4.27. The van der Waals surface area contributed by atoms with E-state index in [0.29, 0.717) is 24.8 Å². The standard InChI is InChI=1S/C54H87N11O17S/c1-11-27(8)41(56)50(77)64-44(29(10)13-3)53(80)65-43(28(9)12-2)52(79)62-37(24-83)49(76)57-32(18-19-38(55)67)45(72)58-33(21-30-14-16-31(66)17-15-30)48(75)63-42(26(6)7)51(78)60-35(23-40(70)71)46(73)59-34(22-39(68)69)47(74)61-36(54(81)82)20-25(4)5/h14-17,25-29,32-37,41-44,66,83H,11-13,18-24,56H2,1-10H3,(H2,55,67)(H,57,76)(H,58,72)(H,59,73)(H,60,78)(H,61,74)(H,62,79)(H,63,75)(H,64,77)(H,65,80)(H,68,69)(H,70,71)(H,81,82)/t27-,28-,29-,32-,33-,34-,35-,36-,37-,41-,42-,43-,44-/m0/s1. The summed E-state index contributed by atoms with van der Waals surface area (Å²) in [6.45, 7) is 16.9. The van der Waals surface area contributed by atoms with Gasteiger partial charge in [-0.05, 0) is 60.1 Å². The van der Waals surface area contributed by atoms with Crippen molar-refractivity contribution in [3.05, 3.63) is 29.8 Å². The van der Waals surface area contributed by atoms with Gasteiger partial charge in [-0.15, -0.1) is 0 Å². The zero-order valence-electron chi connectivity index (χ0n) is 48.7. The topological polar surface area (TPSA) is 463 Å². The molecule has 0 fully saturated rings. The van der Waals surface area contributed by atoms with E-state index in [-0.39, 0.29) is 36.2 Å². The zero-order valence-corrected chi connectivity index (χ0v) is 49.6. The van der Waals surface area contributed by atoms with Crippen molar-refractivity contribution in [2.24, 2.45) is 41.1 Å². The van der Waals surface area contributed by atoms with Crippen LogP contribution in [0.2, 0.25) is 0 Å². The van der Waals surface area contributed by atoms with E-state index < -0.39 is 181 Å². The van der Waals surface area contributed by atoms with Crippen LogP contribution in [-0.4, -0.2) is 164 Å². The molecule has 0 aliphatic heterocycles. The van der Waals surface area contributed by atoms with Crippen molar-refractivity contribution in [3.8, 4) is 5.75 Å². The van der Waals surface area contributed by atoms with E-state index in [9.17, 15) is 82.8 Å². The summed E-state index contributed by atoms with van der Waals surface area (Å²) in [4.78, 5) is 172. The van der Waals surface area contributed by atoms with Gasteiger partial charge in [-0.2, -0.15) is 12.6 Å². The molecule has 1 aromatic rings. The third-order valence-electron chi connectivity index (χ3n) is 13.9. The first-order valence-electron chi connectivity index (χ1n) is 27.5. The van der Waals surface area contributed by atoms with E-state index >= 15 is 0 Å². The van der Waals surface area contributed by atoms with Crippen molar-refractivity contribution in [2.75, 3.05) is 5.75 Å². The highest BCUT2D eigenvalue weighted by Crippen LogP contribution is 2.17. The largest absolute Gasteiger partial charge is 0.508 e. The predicted octanol–water partition coefficient (Wildman–Crippen LogP) is -1.31. The molecule has 0 radical (unpaired) electrons. The number of primary amides is 1. The highest BCUT2D eigenvalue weighted by atomic mass is 32.1. The molecule has 0 aromatic heterocycles. The van der Waals surface area contributed by atoms with Crippen molar-refractivity contribution in [3.63, 3.8) is 0 Å². The minimum Gasteiger partial charge on any atom is -0.508 e. The molecule has 0 saturated heterocycles. The molecule has 466 valence electrons. The van der Waals surface area contributed by atoms with Crippen LogP contribution in [0.5, 0.6) is 5.75 Å². The van der Waals surface area contributed by atoms with Gasteiger partial charge in [0.25, 0.3) is 0 Å². The van der Waals surface area contributed by atoms with E-state index in [1.165, 1.54) is 38.1 Å². The molecule has 0 aliphatic rings. The molecule has 28 nitrogen and oxygen atoms in total. The van der Waals surface area contributed by atoms with E-state index in [1.807, 2.05) is 13.8 Å². The average molecular weight is 1190 g/mol. The molecule has 17 N–H and O–H groups in total. The number of hydrogen-bond acceptors (Lipinski definition) is 16. The number of phenolic OH excluding ortho intramolecular Hbond substituents is 1. The lowest BCUT2D eigenvalue weighted by atomic mass is 9.93. The van der Waals surface area contributed by atoms with Crippen molar-refractivity contribution in [1.82, 2.24) is 47.9 Å². The number of carboxylic acid groups (broad SMARTS) is 3. The number of aliphatic carboxylic acids is 3. The van der Waals surface area contributed by atoms with Gasteiger partial charge in [-0.25, -0.2) is 4.79 Å². The summed E-state index contributed by atoms with van der Waals surface area (Å²) in [7, 11) is 0. The van der Waals surface area contributed by atoms with Gasteiger partial charge in [0.2, 0.25) is 59.1 Å². The van der Waals surface area contributed by atoms with Crippen LogP contribution < -0.4 is 59.3 Å². The molecule has 1 rings (SSSR count). The number of benzene rings is 1. The second-order valence-corrected chi connectivity index (χ2v) is 21.8. The van der Waals surface area contributed by atoms with Crippen LogP contribution in [0.1, 0.15) is 126 Å². The van der Waals surface area contributed by atoms with Crippen LogP contribution in [0.3, 0.4) is 0 Å². The Balaban J connectivity index is 3.62. The lowest BCUT2D eigenvalue weighted by molar-refractivity contribution is -0.145. The number of nitrogens with one attached hydrogen (secondary N) is 9. The summed E-state index contributed by atoms with van der Waals surface area (Å²) in [5.74, 6) is -17.4. The summed E-state index contributed by atoms with van der Waals surface area (Å²) in [6.07, 6.45) is -2.19. The highest BCUT2D eigenvalue weighted by molar-refractivity contribution is 7.80. The number of rotatable bonds is 38. The zero-order chi connectivity index (χ0) is 63.6. The first-order chi connectivity index (χ1) is 38.7. The van der Waals surface area contributed by atoms with Gasteiger partial charge >= 0.3 is 17.9 Å². The number of thiol groups is 1. The number of carbonyl (C=O) groups excluding carboxylic acids is 10. The number of aromatic hydroxyl groups is 1. The lowest BCUT2D eigenvalue weighted by Crippen LogP contribution is -2.62. The summed E-state index contributed by atoms with van der Waals surface area (Å²) in [5.41, 5.74) is 11.9. The maximum Gasteiger partial charge on any atom is 0.326 e. The average Bonchev–Trinajstić information content (AvgIpc) is 3.43. The maximum absolute atomic E-state index is 14.4. The minimum absolute atomic E-state index is 0.0804. The molecule has 0 saturated carbocycles. The molecule has 0 aliphatic carbocycles. The Hall–Kier alpha value is -7.56. The van der Waals surface area contributed by atoms with Crippen LogP contribution in [0.25, 0.3) is 0 Å². The first-order valence-corrected chi connectivity index (χ1v) is 28.2. The number of carboxylic acids is 3. The lowest BCUT2D eigenvalue weighted by Gasteiger charge is -2.31. The Morgan fingerprint density at radius 3 is 1.29 bits per heavy atom. The monoisotopic (exact) mass is 1190 g/mol. The Morgan fingerprint density at radius 2 is 0.855 bits per heavy atom. The molecule has 0 heterocycles. The Bertz CT molecular complexity index is 2430. The van der Waals surface area contributed by atoms with E-state index in [4.69, 9.17) is 11.5 Å². The second-order valence-electron chi connectivity index (χ2n) is 21.5. The molecule has 13 atom stereocenters. The number of nitrogens with two attached hydrogens (primary N) is 2. The fourth-order valence-electron chi connectivity index (χ4n) is 8.10. The van der Waals surface area contributed by atoms with Crippen LogP contribution in [0, 0.1) is 29.6 Å². The third kappa shape index (κ3) is 25.6. The smallest absolute Gasteiger partial charge is 0.326 e. The third-order valence-corrected chi connectivity index (χ3v) is 14.2. The summed E-state index contributed by atoms with van der Waals surface area (Å²) in [6, 6.07) is -9.83. The SMILES string of the molecule is CC[C@H](C)[C@H](N)C(=O)N[C@H](C(=O)N[C@H](C(=O)N[C@@H](CS)C(=O)N[C@@H](CCC(N)=O)C(=O)N[C@@H](Cc1ccc(O)cc1)C(=O)N[C@H](C(=O)N[C@@H](CC(=O)O)C(=O)N[C@@H](CC(=O)O)C(=O)N[C@@H](CC(C)C)C(=O)O)C(C)C)[C@@H](C)CC)[C@@H](C)CC. The Kier molecular flexibility index (Phi) is 32.0. The van der Waals surface area contributed by atoms with Crippen LogP contribution >= 0.6 is 12.6 Å². The van der Waals surface area contributed by atoms with Gasteiger partial charge < -0.3 is 79.7 Å².